The van der Waals surface area contributed by atoms with Crippen LogP contribution in [0.2, 0.25) is 0 Å². The van der Waals surface area contributed by atoms with Crippen molar-refractivity contribution in [3.63, 3.8) is 0 Å². The van der Waals surface area contributed by atoms with Crippen LogP contribution in [0.15, 0.2) is 47.4 Å². The number of aliphatic hydroxyl groups excluding tert-OH is 1. The fraction of sp³-hybridized carbons (Fsp3) is 0.412. The third kappa shape index (κ3) is 2.76. The summed E-state index contributed by atoms with van der Waals surface area (Å²) in [7, 11) is -2.02. The molecule has 1 aliphatic carbocycles. The van der Waals surface area contributed by atoms with E-state index in [0.717, 1.165) is 23.6 Å². The summed E-state index contributed by atoms with van der Waals surface area (Å²) in [6.07, 6.45) is 2.72. The lowest BCUT2D eigenvalue weighted by atomic mass is 9.93. The van der Waals surface area contributed by atoms with E-state index < -0.39 is 16.1 Å². The summed E-state index contributed by atoms with van der Waals surface area (Å²) in [5.41, 5.74) is 0. The average Bonchev–Trinajstić information content (AvgIpc) is 2.54. The summed E-state index contributed by atoms with van der Waals surface area (Å²) in [6, 6.07) is 12.5. The highest BCUT2D eigenvalue weighted by atomic mass is 32.2. The molecule has 5 heteroatoms. The minimum Gasteiger partial charge on any atom is -0.391 e. The molecule has 3 rings (SSSR count). The van der Waals surface area contributed by atoms with Gasteiger partial charge in [0.2, 0.25) is 10.0 Å². The first-order valence-corrected chi connectivity index (χ1v) is 9.09. The van der Waals surface area contributed by atoms with Crippen LogP contribution in [0.5, 0.6) is 0 Å². The highest BCUT2D eigenvalue weighted by molar-refractivity contribution is 7.89. The molecule has 0 spiro atoms. The Bertz CT molecular complexity index is 772. The molecule has 1 aliphatic rings. The zero-order valence-corrected chi connectivity index (χ0v) is 13.5. The van der Waals surface area contributed by atoms with Gasteiger partial charge in [0.25, 0.3) is 0 Å². The normalized spacial score (nSPS) is 23.0. The third-order valence-electron chi connectivity index (χ3n) is 4.56. The molecule has 0 saturated heterocycles. The summed E-state index contributed by atoms with van der Waals surface area (Å²) in [4.78, 5) is 0.284. The Morgan fingerprint density at radius 2 is 1.73 bits per heavy atom. The van der Waals surface area contributed by atoms with Crippen molar-refractivity contribution in [2.45, 2.75) is 42.7 Å². The Balaban J connectivity index is 1.96. The van der Waals surface area contributed by atoms with Crippen molar-refractivity contribution >= 4 is 20.8 Å². The second-order valence-electron chi connectivity index (χ2n) is 5.95. The van der Waals surface area contributed by atoms with E-state index in [1.165, 1.54) is 4.31 Å². The standard InChI is InChI=1S/C17H21NO3S/c1-18(16-8-4-5-9-17(16)19)22(20,21)15-11-10-13-6-2-3-7-14(13)12-15/h2-3,6-7,10-12,16-17,19H,4-5,8-9H2,1H3. The van der Waals surface area contributed by atoms with Gasteiger partial charge in [0.1, 0.15) is 0 Å². The SMILES string of the molecule is CN(C1CCCCC1O)S(=O)(=O)c1ccc2ccccc2c1. The maximum Gasteiger partial charge on any atom is 0.243 e. The van der Waals surface area contributed by atoms with E-state index in [-0.39, 0.29) is 10.9 Å². The van der Waals surface area contributed by atoms with Crippen molar-refractivity contribution in [3.05, 3.63) is 42.5 Å². The molecular weight excluding hydrogens is 298 g/mol. The number of aliphatic hydroxyl groups is 1. The first-order valence-electron chi connectivity index (χ1n) is 7.65. The molecule has 4 nitrogen and oxygen atoms in total. The van der Waals surface area contributed by atoms with Gasteiger partial charge >= 0.3 is 0 Å². The summed E-state index contributed by atoms with van der Waals surface area (Å²) in [6.45, 7) is 0. The van der Waals surface area contributed by atoms with Crippen LogP contribution in [0, 0.1) is 0 Å². The third-order valence-corrected chi connectivity index (χ3v) is 6.44. The maximum atomic E-state index is 12.8. The van der Waals surface area contributed by atoms with Gasteiger partial charge in [-0.3, -0.25) is 0 Å². The fourth-order valence-electron chi connectivity index (χ4n) is 3.19. The molecular formula is C17H21NO3S. The van der Waals surface area contributed by atoms with Gasteiger partial charge in [-0.2, -0.15) is 4.31 Å². The molecule has 22 heavy (non-hydrogen) atoms. The number of benzene rings is 2. The van der Waals surface area contributed by atoms with E-state index >= 15 is 0 Å². The van der Waals surface area contributed by atoms with E-state index in [4.69, 9.17) is 0 Å². The van der Waals surface area contributed by atoms with Gasteiger partial charge < -0.3 is 5.11 Å². The number of sulfonamides is 1. The summed E-state index contributed by atoms with van der Waals surface area (Å²) < 4.78 is 27.0. The molecule has 2 aromatic carbocycles. The number of fused-ring (bicyclic) bond motifs is 1. The molecule has 1 saturated carbocycles. The zero-order chi connectivity index (χ0) is 15.7. The van der Waals surface area contributed by atoms with Crippen LogP contribution < -0.4 is 0 Å². The van der Waals surface area contributed by atoms with Crippen molar-refractivity contribution in [1.29, 1.82) is 0 Å². The second kappa shape index (κ2) is 5.99. The lowest BCUT2D eigenvalue weighted by molar-refractivity contribution is 0.0638. The van der Waals surface area contributed by atoms with Crippen LogP contribution >= 0.6 is 0 Å². The molecule has 2 unspecified atom stereocenters. The van der Waals surface area contributed by atoms with Gasteiger partial charge in [-0.1, -0.05) is 43.2 Å². The molecule has 1 N–H and O–H groups in total. The zero-order valence-electron chi connectivity index (χ0n) is 12.6. The van der Waals surface area contributed by atoms with E-state index in [9.17, 15) is 13.5 Å². The van der Waals surface area contributed by atoms with Gasteiger partial charge in [0, 0.05) is 7.05 Å². The van der Waals surface area contributed by atoms with Crippen molar-refractivity contribution in [3.8, 4) is 0 Å². The van der Waals surface area contributed by atoms with Crippen molar-refractivity contribution < 1.29 is 13.5 Å². The minimum absolute atomic E-state index is 0.284. The first kappa shape index (κ1) is 15.5. The Labute approximate surface area is 131 Å². The van der Waals surface area contributed by atoms with E-state index in [1.54, 1.807) is 19.2 Å². The Morgan fingerprint density at radius 1 is 1.05 bits per heavy atom. The smallest absolute Gasteiger partial charge is 0.243 e. The van der Waals surface area contributed by atoms with Gasteiger partial charge in [0.05, 0.1) is 17.0 Å². The molecule has 0 amide bonds. The second-order valence-corrected chi connectivity index (χ2v) is 7.95. The number of rotatable bonds is 3. The minimum atomic E-state index is -3.59. The van der Waals surface area contributed by atoms with Gasteiger partial charge in [-0.15, -0.1) is 0 Å². The highest BCUT2D eigenvalue weighted by Gasteiger charge is 2.34. The van der Waals surface area contributed by atoms with Crippen LogP contribution in [0.1, 0.15) is 25.7 Å². The van der Waals surface area contributed by atoms with Crippen LogP contribution in [-0.4, -0.2) is 37.0 Å². The highest BCUT2D eigenvalue weighted by Crippen LogP contribution is 2.28. The predicted molar refractivity (Wildman–Crippen MR) is 87.2 cm³/mol. The summed E-state index contributed by atoms with van der Waals surface area (Å²) >= 11 is 0. The average molecular weight is 319 g/mol. The lowest BCUT2D eigenvalue weighted by Gasteiger charge is -2.34. The molecule has 0 heterocycles. The van der Waals surface area contributed by atoms with Crippen LogP contribution in [0.4, 0.5) is 0 Å². The van der Waals surface area contributed by atoms with Crippen LogP contribution in [0.25, 0.3) is 10.8 Å². The summed E-state index contributed by atoms with van der Waals surface area (Å²) in [5, 5.41) is 12.0. The number of likely N-dealkylation sites (N-methyl/N-ethyl adjacent to an activating group) is 1. The Kier molecular flexibility index (Phi) is 4.21. The monoisotopic (exact) mass is 319 g/mol. The maximum absolute atomic E-state index is 12.8. The molecule has 0 radical (unpaired) electrons. The van der Waals surface area contributed by atoms with E-state index in [1.807, 2.05) is 30.3 Å². The van der Waals surface area contributed by atoms with E-state index in [0.29, 0.717) is 12.8 Å². The van der Waals surface area contributed by atoms with Gasteiger partial charge in [-0.25, -0.2) is 8.42 Å². The molecule has 2 aromatic rings. The lowest BCUT2D eigenvalue weighted by Crippen LogP contribution is -2.46. The largest absolute Gasteiger partial charge is 0.391 e. The topological polar surface area (TPSA) is 57.6 Å². The number of nitrogens with zero attached hydrogens (tertiary/aromatic N) is 1. The van der Waals surface area contributed by atoms with Crippen molar-refractivity contribution in [2.75, 3.05) is 7.05 Å². The van der Waals surface area contributed by atoms with E-state index in [2.05, 4.69) is 0 Å². The molecule has 0 aliphatic heterocycles. The molecule has 118 valence electrons. The first-order chi connectivity index (χ1) is 10.5. The molecule has 1 fully saturated rings. The molecule has 2 atom stereocenters. The number of hydrogen-bond acceptors (Lipinski definition) is 3. The predicted octanol–water partition coefficient (Wildman–Crippen LogP) is 2.76. The van der Waals surface area contributed by atoms with Crippen LogP contribution in [-0.2, 0) is 10.0 Å². The van der Waals surface area contributed by atoms with Gasteiger partial charge in [0.15, 0.2) is 0 Å². The fourth-order valence-corrected chi connectivity index (χ4v) is 4.64. The Hall–Kier alpha value is -1.43. The van der Waals surface area contributed by atoms with Crippen molar-refractivity contribution in [1.82, 2.24) is 4.31 Å². The Morgan fingerprint density at radius 3 is 2.45 bits per heavy atom. The summed E-state index contributed by atoms with van der Waals surface area (Å²) in [5.74, 6) is 0. The van der Waals surface area contributed by atoms with Crippen molar-refractivity contribution in [2.24, 2.45) is 0 Å². The molecule has 0 bridgehead atoms. The van der Waals surface area contributed by atoms with Gasteiger partial charge in [-0.05, 0) is 35.7 Å². The van der Waals surface area contributed by atoms with Crippen LogP contribution in [0.3, 0.4) is 0 Å². The quantitative estimate of drug-likeness (QED) is 0.946. The molecule has 0 aromatic heterocycles. The number of hydrogen-bond donors (Lipinski definition) is 1.